The lowest BCUT2D eigenvalue weighted by Gasteiger charge is -2.29. The summed E-state index contributed by atoms with van der Waals surface area (Å²) in [5, 5.41) is 9.87. The van der Waals surface area contributed by atoms with E-state index in [1.165, 1.54) is 6.08 Å². The van der Waals surface area contributed by atoms with Crippen molar-refractivity contribution in [1.29, 1.82) is 0 Å². The molecule has 114 valence electrons. The average molecular weight is 290 g/mol. The van der Waals surface area contributed by atoms with Crippen molar-refractivity contribution in [2.75, 3.05) is 18.8 Å². The van der Waals surface area contributed by atoms with Gasteiger partial charge in [0.2, 0.25) is 11.9 Å². The Morgan fingerprint density at radius 1 is 1.48 bits per heavy atom. The van der Waals surface area contributed by atoms with E-state index in [2.05, 4.69) is 23.8 Å². The minimum absolute atomic E-state index is 0.0611. The summed E-state index contributed by atoms with van der Waals surface area (Å²) in [7, 11) is 0. The predicted molar refractivity (Wildman–Crippen MR) is 81.1 cm³/mol. The Bertz CT molecular complexity index is 525. The van der Waals surface area contributed by atoms with E-state index in [-0.39, 0.29) is 23.4 Å². The minimum Gasteiger partial charge on any atom is -0.393 e. The molecule has 21 heavy (non-hydrogen) atoms. The van der Waals surface area contributed by atoms with Crippen LogP contribution >= 0.6 is 0 Å². The van der Waals surface area contributed by atoms with Crippen LogP contribution in [0.4, 0.5) is 5.95 Å². The molecule has 1 amide bonds. The summed E-state index contributed by atoms with van der Waals surface area (Å²) in [6.07, 6.45) is 7.33. The predicted octanol–water partition coefficient (Wildman–Crippen LogP) is 1.08. The van der Waals surface area contributed by atoms with Gasteiger partial charge in [0.05, 0.1) is 6.10 Å². The molecule has 1 saturated heterocycles. The zero-order valence-corrected chi connectivity index (χ0v) is 12.5. The largest absolute Gasteiger partial charge is 0.393 e. The van der Waals surface area contributed by atoms with Gasteiger partial charge in [-0.1, -0.05) is 13.8 Å². The molecule has 6 nitrogen and oxygen atoms in total. The van der Waals surface area contributed by atoms with Crippen LogP contribution in [-0.4, -0.2) is 45.1 Å². The molecular weight excluding hydrogens is 268 g/mol. The van der Waals surface area contributed by atoms with Gasteiger partial charge in [0.1, 0.15) is 0 Å². The van der Waals surface area contributed by atoms with Gasteiger partial charge in [-0.25, -0.2) is 9.97 Å². The highest BCUT2D eigenvalue weighted by molar-refractivity contribution is 5.91. The zero-order chi connectivity index (χ0) is 15.5. The Labute approximate surface area is 124 Å². The molecule has 1 aromatic rings. The van der Waals surface area contributed by atoms with Crippen molar-refractivity contribution in [3.63, 3.8) is 0 Å². The maximum atomic E-state index is 12.3. The van der Waals surface area contributed by atoms with E-state index in [4.69, 9.17) is 5.73 Å². The molecule has 0 aliphatic carbocycles. The second-order valence-electron chi connectivity index (χ2n) is 6.28. The number of rotatable bonds is 2. The standard InChI is InChI=1S/C15H22N4O2/c1-15(2)7-12(20)5-6-19(10-15)13(21)4-3-11-8-17-14(16)18-9-11/h3-4,8-9,12,20H,5-7,10H2,1-2H3,(H2,16,17,18)/b4-3+. The van der Waals surface area contributed by atoms with Gasteiger partial charge in [0.15, 0.2) is 0 Å². The number of aliphatic hydroxyl groups is 1. The van der Waals surface area contributed by atoms with Crippen LogP contribution < -0.4 is 5.73 Å². The Morgan fingerprint density at radius 3 is 2.81 bits per heavy atom. The number of carbonyl (C=O) groups excluding carboxylic acids is 1. The Morgan fingerprint density at radius 2 is 2.14 bits per heavy atom. The molecule has 0 saturated carbocycles. The molecule has 1 fully saturated rings. The van der Waals surface area contributed by atoms with E-state index in [9.17, 15) is 9.90 Å². The van der Waals surface area contributed by atoms with Crippen LogP contribution in [0.25, 0.3) is 6.08 Å². The number of carbonyl (C=O) groups is 1. The van der Waals surface area contributed by atoms with E-state index < -0.39 is 0 Å². The highest BCUT2D eigenvalue weighted by atomic mass is 16.3. The first-order valence-electron chi connectivity index (χ1n) is 7.08. The second-order valence-corrected chi connectivity index (χ2v) is 6.28. The number of aliphatic hydroxyl groups excluding tert-OH is 1. The highest BCUT2D eigenvalue weighted by Crippen LogP contribution is 2.28. The van der Waals surface area contributed by atoms with Crippen molar-refractivity contribution in [2.24, 2.45) is 5.41 Å². The molecular formula is C15H22N4O2. The summed E-state index contributed by atoms with van der Waals surface area (Å²) < 4.78 is 0. The number of hydrogen-bond donors (Lipinski definition) is 2. The summed E-state index contributed by atoms with van der Waals surface area (Å²) in [5.41, 5.74) is 6.06. The number of aromatic nitrogens is 2. The molecule has 1 unspecified atom stereocenters. The van der Waals surface area contributed by atoms with Crippen LogP contribution in [0.1, 0.15) is 32.3 Å². The third-order valence-electron chi connectivity index (χ3n) is 3.56. The smallest absolute Gasteiger partial charge is 0.246 e. The zero-order valence-electron chi connectivity index (χ0n) is 12.5. The molecule has 1 atom stereocenters. The fourth-order valence-electron chi connectivity index (χ4n) is 2.60. The molecule has 0 bridgehead atoms. The lowest BCUT2D eigenvalue weighted by atomic mass is 9.87. The summed E-state index contributed by atoms with van der Waals surface area (Å²) in [5.74, 6) is 0.149. The Hall–Kier alpha value is -1.95. The van der Waals surface area contributed by atoms with E-state index in [1.807, 2.05) is 0 Å². The average Bonchev–Trinajstić information content (AvgIpc) is 2.55. The van der Waals surface area contributed by atoms with Crippen LogP contribution in [0.3, 0.4) is 0 Å². The van der Waals surface area contributed by atoms with E-state index >= 15 is 0 Å². The number of amides is 1. The van der Waals surface area contributed by atoms with Gasteiger partial charge in [-0.2, -0.15) is 0 Å². The number of anilines is 1. The normalized spacial score (nSPS) is 22.2. The maximum Gasteiger partial charge on any atom is 0.246 e. The molecule has 0 radical (unpaired) electrons. The van der Waals surface area contributed by atoms with E-state index in [0.717, 1.165) is 5.56 Å². The Balaban J connectivity index is 2.03. The maximum absolute atomic E-state index is 12.3. The van der Waals surface area contributed by atoms with Crippen molar-refractivity contribution in [3.8, 4) is 0 Å². The molecule has 6 heteroatoms. The molecule has 1 aliphatic rings. The van der Waals surface area contributed by atoms with Gasteiger partial charge in [-0.15, -0.1) is 0 Å². The third kappa shape index (κ3) is 4.53. The SMILES string of the molecule is CC1(C)CC(O)CCN(C(=O)/C=C/c2cnc(N)nc2)C1. The summed E-state index contributed by atoms with van der Waals surface area (Å²) in [6, 6.07) is 0. The number of nitrogens with two attached hydrogens (primary N) is 1. The molecule has 1 aliphatic heterocycles. The van der Waals surface area contributed by atoms with Gasteiger partial charge < -0.3 is 15.7 Å². The monoisotopic (exact) mass is 290 g/mol. The van der Waals surface area contributed by atoms with Crippen molar-refractivity contribution < 1.29 is 9.90 Å². The number of nitrogen functional groups attached to an aromatic ring is 1. The molecule has 0 aromatic carbocycles. The van der Waals surface area contributed by atoms with Crippen LogP contribution in [0.15, 0.2) is 18.5 Å². The fourth-order valence-corrected chi connectivity index (χ4v) is 2.60. The van der Waals surface area contributed by atoms with Gasteiger partial charge in [-0.05, 0) is 24.3 Å². The fraction of sp³-hybridized carbons (Fsp3) is 0.533. The van der Waals surface area contributed by atoms with Crippen LogP contribution in [-0.2, 0) is 4.79 Å². The van der Waals surface area contributed by atoms with Gasteiger partial charge >= 0.3 is 0 Å². The van der Waals surface area contributed by atoms with Crippen LogP contribution in [0.2, 0.25) is 0 Å². The topological polar surface area (TPSA) is 92.3 Å². The number of hydrogen-bond acceptors (Lipinski definition) is 5. The highest BCUT2D eigenvalue weighted by Gasteiger charge is 2.30. The molecule has 2 heterocycles. The quantitative estimate of drug-likeness (QED) is 0.795. The first-order chi connectivity index (χ1) is 9.85. The molecule has 3 N–H and O–H groups in total. The number of nitrogens with zero attached hydrogens (tertiary/aromatic N) is 3. The Kier molecular flexibility index (Phi) is 4.57. The summed E-state index contributed by atoms with van der Waals surface area (Å²) in [6.45, 7) is 5.36. The van der Waals surface area contributed by atoms with Crippen LogP contribution in [0, 0.1) is 5.41 Å². The van der Waals surface area contributed by atoms with Gasteiger partial charge in [0.25, 0.3) is 0 Å². The first kappa shape index (κ1) is 15.4. The molecule has 2 rings (SSSR count). The van der Waals surface area contributed by atoms with Crippen LogP contribution in [0.5, 0.6) is 0 Å². The lowest BCUT2D eigenvalue weighted by molar-refractivity contribution is -0.127. The molecule has 0 spiro atoms. The van der Waals surface area contributed by atoms with Crippen molar-refractivity contribution in [1.82, 2.24) is 14.9 Å². The lowest BCUT2D eigenvalue weighted by Crippen LogP contribution is -2.36. The summed E-state index contributed by atoms with van der Waals surface area (Å²) in [4.78, 5) is 21.8. The van der Waals surface area contributed by atoms with Crippen molar-refractivity contribution >= 4 is 17.9 Å². The number of likely N-dealkylation sites (tertiary alicyclic amines) is 1. The summed E-state index contributed by atoms with van der Waals surface area (Å²) >= 11 is 0. The second kappa shape index (κ2) is 6.22. The third-order valence-corrected chi connectivity index (χ3v) is 3.56. The van der Waals surface area contributed by atoms with Crippen molar-refractivity contribution in [2.45, 2.75) is 32.8 Å². The van der Waals surface area contributed by atoms with Gasteiger partial charge in [0, 0.05) is 37.1 Å². The van der Waals surface area contributed by atoms with Crippen molar-refractivity contribution in [3.05, 3.63) is 24.0 Å². The van der Waals surface area contributed by atoms with E-state index in [0.29, 0.717) is 25.9 Å². The van der Waals surface area contributed by atoms with E-state index in [1.54, 1.807) is 23.4 Å². The molecule has 1 aromatic heterocycles. The first-order valence-corrected chi connectivity index (χ1v) is 7.08. The minimum atomic E-state index is -0.340. The van der Waals surface area contributed by atoms with Gasteiger partial charge in [-0.3, -0.25) is 4.79 Å².